The van der Waals surface area contributed by atoms with Crippen molar-refractivity contribution in [3.05, 3.63) is 29.8 Å². The molecular weight excluding hydrogens is 401 g/mol. The number of likely N-dealkylation sites (tertiary alicyclic amines) is 1. The van der Waals surface area contributed by atoms with Crippen molar-refractivity contribution in [2.24, 2.45) is 16.6 Å². The molecule has 1 aliphatic heterocycles. The van der Waals surface area contributed by atoms with Gasteiger partial charge < -0.3 is 15.4 Å². The number of ether oxygens (including phenoxy) is 1. The number of rotatable bonds is 4. The Morgan fingerprint density at radius 3 is 2.52 bits per heavy atom. The quantitative estimate of drug-likeness (QED) is 0.452. The first kappa shape index (κ1) is 18.4. The Hall–Kier alpha value is -0.980. The summed E-state index contributed by atoms with van der Waals surface area (Å²) in [6, 6.07) is 8.77. The van der Waals surface area contributed by atoms with E-state index in [9.17, 15) is 0 Å². The Bertz CT molecular complexity index is 524. The first-order valence-electron chi connectivity index (χ1n) is 8.48. The lowest BCUT2D eigenvalue weighted by Crippen LogP contribution is -2.42. The van der Waals surface area contributed by atoms with Gasteiger partial charge in [-0.05, 0) is 49.8 Å². The number of aliphatic imine (C=N–C) groups is 1. The SMILES string of the molecule is CCOc1ccc([C@@H]2C[C@H]2N=C(N)N2CCC(C)CC2)cc1.I. The molecule has 0 bridgehead atoms. The number of benzene rings is 1. The summed E-state index contributed by atoms with van der Waals surface area (Å²) >= 11 is 0. The summed E-state index contributed by atoms with van der Waals surface area (Å²) in [5, 5.41) is 0. The molecular formula is C18H28IN3O. The molecule has 2 N–H and O–H groups in total. The smallest absolute Gasteiger partial charge is 0.191 e. The third kappa shape index (κ3) is 4.75. The molecule has 1 saturated heterocycles. The summed E-state index contributed by atoms with van der Waals surface area (Å²) in [5.41, 5.74) is 7.54. The fourth-order valence-electron chi connectivity index (χ4n) is 3.15. The lowest BCUT2D eigenvalue weighted by molar-refractivity contribution is 0.277. The highest BCUT2D eigenvalue weighted by Crippen LogP contribution is 2.44. The highest BCUT2D eigenvalue weighted by Gasteiger charge is 2.39. The predicted octanol–water partition coefficient (Wildman–Crippen LogP) is 3.61. The molecule has 0 aromatic heterocycles. The van der Waals surface area contributed by atoms with Crippen molar-refractivity contribution in [2.45, 2.75) is 45.1 Å². The summed E-state index contributed by atoms with van der Waals surface area (Å²) in [5.74, 6) is 3.03. The highest BCUT2D eigenvalue weighted by atomic mass is 127. The second-order valence-corrected chi connectivity index (χ2v) is 6.57. The molecule has 0 radical (unpaired) electrons. The van der Waals surface area contributed by atoms with Gasteiger partial charge >= 0.3 is 0 Å². The first-order valence-corrected chi connectivity index (χ1v) is 8.48. The zero-order valence-corrected chi connectivity index (χ0v) is 16.4. The van der Waals surface area contributed by atoms with Crippen LogP contribution in [0.2, 0.25) is 0 Å². The van der Waals surface area contributed by atoms with Crippen LogP contribution in [-0.2, 0) is 0 Å². The Morgan fingerprint density at radius 1 is 1.26 bits per heavy atom. The number of hydrogen-bond acceptors (Lipinski definition) is 2. The van der Waals surface area contributed by atoms with E-state index in [1.165, 1.54) is 18.4 Å². The van der Waals surface area contributed by atoms with Crippen LogP contribution < -0.4 is 10.5 Å². The number of nitrogens with two attached hydrogens (primary N) is 1. The zero-order valence-electron chi connectivity index (χ0n) is 14.1. The molecule has 3 rings (SSSR count). The minimum Gasteiger partial charge on any atom is -0.494 e. The minimum absolute atomic E-state index is 0. The molecule has 5 heteroatoms. The number of hydrogen-bond donors (Lipinski definition) is 1. The molecule has 1 aromatic carbocycles. The Labute approximate surface area is 156 Å². The van der Waals surface area contributed by atoms with E-state index >= 15 is 0 Å². The molecule has 1 heterocycles. The van der Waals surface area contributed by atoms with Crippen LogP contribution in [0.5, 0.6) is 5.75 Å². The summed E-state index contributed by atoms with van der Waals surface area (Å²) in [4.78, 5) is 6.99. The first-order chi connectivity index (χ1) is 10.7. The van der Waals surface area contributed by atoms with Gasteiger partial charge in [0.05, 0.1) is 12.6 Å². The monoisotopic (exact) mass is 429 g/mol. The van der Waals surface area contributed by atoms with Crippen LogP contribution in [0.1, 0.15) is 44.6 Å². The van der Waals surface area contributed by atoms with Crippen LogP contribution in [0.25, 0.3) is 0 Å². The van der Waals surface area contributed by atoms with Crippen LogP contribution >= 0.6 is 24.0 Å². The van der Waals surface area contributed by atoms with E-state index in [0.717, 1.165) is 37.1 Å². The second-order valence-electron chi connectivity index (χ2n) is 6.57. The number of piperidine rings is 1. The van der Waals surface area contributed by atoms with E-state index in [1.54, 1.807) is 0 Å². The second kappa shape index (κ2) is 8.22. The Kier molecular flexibility index (Phi) is 6.56. The van der Waals surface area contributed by atoms with Crippen molar-refractivity contribution in [3.8, 4) is 5.75 Å². The third-order valence-corrected chi connectivity index (χ3v) is 4.78. The highest BCUT2D eigenvalue weighted by molar-refractivity contribution is 14.0. The van der Waals surface area contributed by atoms with Crippen molar-refractivity contribution in [2.75, 3.05) is 19.7 Å². The average Bonchev–Trinajstić information content (AvgIpc) is 3.28. The minimum atomic E-state index is 0. The van der Waals surface area contributed by atoms with E-state index in [2.05, 4.69) is 24.0 Å². The third-order valence-electron chi connectivity index (χ3n) is 4.78. The maximum Gasteiger partial charge on any atom is 0.191 e. The van der Waals surface area contributed by atoms with Crippen LogP contribution in [0.15, 0.2) is 29.3 Å². The van der Waals surface area contributed by atoms with Crippen molar-refractivity contribution in [1.82, 2.24) is 4.90 Å². The topological polar surface area (TPSA) is 50.9 Å². The molecule has 1 aromatic rings. The number of halogens is 1. The molecule has 2 atom stereocenters. The van der Waals surface area contributed by atoms with E-state index in [0.29, 0.717) is 18.6 Å². The van der Waals surface area contributed by atoms with Gasteiger partial charge in [-0.2, -0.15) is 0 Å². The summed E-state index contributed by atoms with van der Waals surface area (Å²) in [7, 11) is 0. The molecule has 2 aliphatic rings. The average molecular weight is 429 g/mol. The number of guanidine groups is 1. The van der Waals surface area contributed by atoms with Gasteiger partial charge in [-0.15, -0.1) is 24.0 Å². The van der Waals surface area contributed by atoms with E-state index in [1.807, 2.05) is 19.1 Å². The van der Waals surface area contributed by atoms with Crippen molar-refractivity contribution >= 4 is 29.9 Å². The lowest BCUT2D eigenvalue weighted by Gasteiger charge is -2.31. The van der Waals surface area contributed by atoms with Crippen molar-refractivity contribution in [3.63, 3.8) is 0 Å². The van der Waals surface area contributed by atoms with Crippen LogP contribution in [0.3, 0.4) is 0 Å². The van der Waals surface area contributed by atoms with Gasteiger partial charge in [-0.25, -0.2) is 4.99 Å². The molecule has 1 aliphatic carbocycles. The summed E-state index contributed by atoms with van der Waals surface area (Å²) in [6.07, 6.45) is 3.56. The molecule has 0 amide bonds. The largest absolute Gasteiger partial charge is 0.494 e. The normalized spacial score (nSPS) is 25.0. The van der Waals surface area contributed by atoms with Crippen LogP contribution in [0.4, 0.5) is 0 Å². The van der Waals surface area contributed by atoms with Crippen molar-refractivity contribution < 1.29 is 4.74 Å². The molecule has 23 heavy (non-hydrogen) atoms. The number of nitrogens with zero attached hydrogens (tertiary/aromatic N) is 2. The van der Waals surface area contributed by atoms with Gasteiger partial charge in [0, 0.05) is 19.0 Å². The molecule has 128 valence electrons. The Balaban J connectivity index is 0.00000192. The molecule has 0 spiro atoms. The van der Waals surface area contributed by atoms with E-state index < -0.39 is 0 Å². The van der Waals surface area contributed by atoms with E-state index in [-0.39, 0.29) is 24.0 Å². The molecule has 0 unspecified atom stereocenters. The molecule has 1 saturated carbocycles. The molecule has 2 fully saturated rings. The van der Waals surface area contributed by atoms with Crippen LogP contribution in [0, 0.1) is 5.92 Å². The van der Waals surface area contributed by atoms with Crippen molar-refractivity contribution in [1.29, 1.82) is 0 Å². The van der Waals surface area contributed by atoms with Gasteiger partial charge in [-0.3, -0.25) is 0 Å². The maximum atomic E-state index is 6.19. The van der Waals surface area contributed by atoms with Gasteiger partial charge in [0.2, 0.25) is 0 Å². The predicted molar refractivity (Wildman–Crippen MR) is 106 cm³/mol. The fraction of sp³-hybridized carbons (Fsp3) is 0.611. The van der Waals surface area contributed by atoms with Gasteiger partial charge in [0.25, 0.3) is 0 Å². The van der Waals surface area contributed by atoms with E-state index in [4.69, 9.17) is 15.5 Å². The fourth-order valence-corrected chi connectivity index (χ4v) is 3.15. The summed E-state index contributed by atoms with van der Waals surface area (Å²) in [6.45, 7) is 7.13. The van der Waals surface area contributed by atoms with Gasteiger partial charge in [-0.1, -0.05) is 19.1 Å². The lowest BCUT2D eigenvalue weighted by atomic mass is 10.00. The Morgan fingerprint density at radius 2 is 1.91 bits per heavy atom. The van der Waals surface area contributed by atoms with Crippen LogP contribution in [-0.4, -0.2) is 36.6 Å². The summed E-state index contributed by atoms with van der Waals surface area (Å²) < 4.78 is 5.49. The molecule has 4 nitrogen and oxygen atoms in total. The standard InChI is InChI=1S/C18H27N3O.HI/c1-3-22-15-6-4-14(5-7-15)16-12-17(16)20-18(19)21-10-8-13(2)9-11-21;/h4-7,13,16-17H,3,8-12H2,1-2H3,(H2,19,20);1H/t16-,17+;/m0./s1. The van der Waals surface area contributed by atoms with Gasteiger partial charge in [0.15, 0.2) is 5.96 Å². The maximum absolute atomic E-state index is 6.19. The van der Waals surface area contributed by atoms with Gasteiger partial charge in [0.1, 0.15) is 5.75 Å². The zero-order chi connectivity index (χ0) is 15.5.